The van der Waals surface area contributed by atoms with Gasteiger partial charge < -0.3 is 10.5 Å². The summed E-state index contributed by atoms with van der Waals surface area (Å²) < 4.78 is 32.2. The van der Waals surface area contributed by atoms with E-state index in [1.165, 1.54) is 23.5 Å². The first-order chi connectivity index (χ1) is 10.8. The fraction of sp³-hybridized carbons (Fsp3) is 0.571. The predicted molar refractivity (Wildman–Crippen MR) is 84.8 cm³/mol. The van der Waals surface area contributed by atoms with Crippen LogP contribution in [0.15, 0.2) is 23.1 Å². The Morgan fingerprint density at radius 2 is 2.17 bits per heavy atom. The summed E-state index contributed by atoms with van der Waals surface area (Å²) in [7, 11) is -2.64. The minimum Gasteiger partial charge on any atom is -0.497 e. The Morgan fingerprint density at radius 1 is 1.48 bits per heavy atom. The van der Waals surface area contributed by atoms with Crippen molar-refractivity contribution in [3.63, 3.8) is 0 Å². The lowest BCUT2D eigenvalue weighted by atomic mass is 9.93. The summed E-state index contributed by atoms with van der Waals surface area (Å²) in [5.74, 6) is 0.346. The third-order valence-electron chi connectivity index (χ3n) is 4.26. The molecule has 0 spiro atoms. The Bertz CT molecular complexity index is 692. The molecule has 0 aromatic heterocycles. The second kappa shape index (κ2) is 6.81. The molecule has 2 N–H and O–H groups in total. The molecule has 2 rings (SSSR count). The molecule has 0 amide bonds. The maximum Gasteiger partial charge on any atom is 0.293 e. The second-order valence-corrected chi connectivity index (χ2v) is 7.49. The highest BCUT2D eigenvalue weighted by Crippen LogP contribution is 2.34. The minimum atomic E-state index is -4.00. The van der Waals surface area contributed by atoms with Crippen LogP contribution in [0.5, 0.6) is 5.75 Å². The van der Waals surface area contributed by atoms with Crippen molar-refractivity contribution in [2.45, 2.75) is 30.7 Å². The fourth-order valence-corrected chi connectivity index (χ4v) is 4.88. The monoisotopic (exact) mass is 343 g/mol. The van der Waals surface area contributed by atoms with Gasteiger partial charge in [0.25, 0.3) is 5.69 Å². The Balaban J connectivity index is 2.52. The molecule has 8 nitrogen and oxygen atoms in total. The van der Waals surface area contributed by atoms with Crippen LogP contribution >= 0.6 is 0 Å². The Morgan fingerprint density at radius 3 is 2.74 bits per heavy atom. The van der Waals surface area contributed by atoms with E-state index >= 15 is 0 Å². The molecule has 1 aromatic rings. The van der Waals surface area contributed by atoms with Gasteiger partial charge in [0.05, 0.1) is 18.1 Å². The highest BCUT2D eigenvalue weighted by atomic mass is 32.2. The topological polar surface area (TPSA) is 116 Å². The highest BCUT2D eigenvalue weighted by molar-refractivity contribution is 7.89. The van der Waals surface area contributed by atoms with Gasteiger partial charge in [0.1, 0.15) is 5.75 Å². The molecule has 2 atom stereocenters. The zero-order valence-corrected chi connectivity index (χ0v) is 14.0. The SMILES string of the molecule is COc1ccc(S(=O)(=O)N2CCCC(C)C2CN)c([N+](=O)[O-])c1. The molecule has 0 radical (unpaired) electrons. The number of sulfonamides is 1. The molecule has 23 heavy (non-hydrogen) atoms. The smallest absolute Gasteiger partial charge is 0.293 e. The van der Waals surface area contributed by atoms with Crippen LogP contribution in [0.1, 0.15) is 19.8 Å². The van der Waals surface area contributed by atoms with E-state index in [9.17, 15) is 18.5 Å². The van der Waals surface area contributed by atoms with E-state index in [4.69, 9.17) is 10.5 Å². The van der Waals surface area contributed by atoms with E-state index in [2.05, 4.69) is 0 Å². The van der Waals surface area contributed by atoms with Crippen LogP contribution < -0.4 is 10.5 Å². The van der Waals surface area contributed by atoms with Crippen molar-refractivity contribution in [1.82, 2.24) is 4.31 Å². The maximum absolute atomic E-state index is 13.0. The van der Waals surface area contributed by atoms with Crippen LogP contribution in [-0.2, 0) is 10.0 Å². The lowest BCUT2D eigenvalue weighted by Gasteiger charge is -2.38. The molecular formula is C14H21N3O5S. The Hall–Kier alpha value is -1.71. The zero-order valence-electron chi connectivity index (χ0n) is 13.1. The van der Waals surface area contributed by atoms with Crippen molar-refractivity contribution in [3.05, 3.63) is 28.3 Å². The van der Waals surface area contributed by atoms with Crippen LogP contribution in [0.4, 0.5) is 5.69 Å². The molecule has 1 heterocycles. The van der Waals surface area contributed by atoms with Crippen molar-refractivity contribution in [2.75, 3.05) is 20.2 Å². The van der Waals surface area contributed by atoms with Crippen LogP contribution in [0.3, 0.4) is 0 Å². The molecule has 1 aliphatic rings. The lowest BCUT2D eigenvalue weighted by molar-refractivity contribution is -0.387. The van der Waals surface area contributed by atoms with Gasteiger partial charge in [0, 0.05) is 19.1 Å². The quantitative estimate of drug-likeness (QED) is 0.637. The summed E-state index contributed by atoms with van der Waals surface area (Å²) in [6.07, 6.45) is 1.60. The van der Waals surface area contributed by atoms with Gasteiger partial charge in [-0.1, -0.05) is 6.92 Å². The number of nitrogens with two attached hydrogens (primary N) is 1. The third kappa shape index (κ3) is 3.31. The standard InChI is InChI=1S/C14H21N3O5S/c1-10-4-3-7-16(13(10)9-15)23(20,21)14-6-5-11(22-2)8-12(14)17(18)19/h5-6,8,10,13H,3-4,7,9,15H2,1-2H3. The summed E-state index contributed by atoms with van der Waals surface area (Å²) in [5.41, 5.74) is 5.25. The predicted octanol–water partition coefficient (Wildman–Crippen LogP) is 1.35. The average Bonchev–Trinajstić information content (AvgIpc) is 2.53. The van der Waals surface area contributed by atoms with Gasteiger partial charge in [-0.3, -0.25) is 10.1 Å². The van der Waals surface area contributed by atoms with Gasteiger partial charge in [0.2, 0.25) is 10.0 Å². The molecule has 2 unspecified atom stereocenters. The molecule has 1 aromatic carbocycles. The number of hydrogen-bond acceptors (Lipinski definition) is 6. The molecular weight excluding hydrogens is 322 g/mol. The summed E-state index contributed by atoms with van der Waals surface area (Å²) >= 11 is 0. The molecule has 1 aliphatic heterocycles. The number of methoxy groups -OCH3 is 1. The van der Waals surface area contributed by atoms with E-state index in [-0.39, 0.29) is 29.1 Å². The number of nitro benzene ring substituents is 1. The van der Waals surface area contributed by atoms with E-state index < -0.39 is 20.6 Å². The van der Waals surface area contributed by atoms with Gasteiger partial charge in [0.15, 0.2) is 4.90 Å². The summed E-state index contributed by atoms with van der Waals surface area (Å²) in [4.78, 5) is 10.2. The molecule has 0 aliphatic carbocycles. The number of rotatable bonds is 5. The number of ether oxygens (including phenoxy) is 1. The summed E-state index contributed by atoms with van der Waals surface area (Å²) in [5, 5.41) is 11.3. The van der Waals surface area contributed by atoms with Crippen molar-refractivity contribution in [2.24, 2.45) is 11.7 Å². The normalized spacial score (nSPS) is 22.7. The lowest BCUT2D eigenvalue weighted by Crippen LogP contribution is -2.51. The van der Waals surface area contributed by atoms with Gasteiger partial charge in [-0.25, -0.2) is 8.42 Å². The Kier molecular flexibility index (Phi) is 5.23. The zero-order chi connectivity index (χ0) is 17.2. The third-order valence-corrected chi connectivity index (χ3v) is 6.23. The van der Waals surface area contributed by atoms with E-state index in [0.717, 1.165) is 12.5 Å². The van der Waals surface area contributed by atoms with Crippen molar-refractivity contribution in [3.8, 4) is 5.75 Å². The molecule has 9 heteroatoms. The van der Waals surface area contributed by atoms with Gasteiger partial charge in [-0.15, -0.1) is 0 Å². The molecule has 1 saturated heterocycles. The first-order valence-corrected chi connectivity index (χ1v) is 8.81. The first-order valence-electron chi connectivity index (χ1n) is 7.37. The van der Waals surface area contributed by atoms with Crippen LogP contribution in [-0.4, -0.2) is 43.9 Å². The van der Waals surface area contributed by atoms with Gasteiger partial charge in [-0.2, -0.15) is 4.31 Å². The van der Waals surface area contributed by atoms with E-state index in [0.29, 0.717) is 13.0 Å². The van der Waals surface area contributed by atoms with Crippen LogP contribution in [0.2, 0.25) is 0 Å². The van der Waals surface area contributed by atoms with E-state index in [1.54, 1.807) is 0 Å². The Labute approximate surface area is 135 Å². The summed E-state index contributed by atoms with van der Waals surface area (Å²) in [6.45, 7) is 2.45. The number of nitro groups is 1. The minimum absolute atomic E-state index is 0.112. The molecule has 0 saturated carbocycles. The molecule has 0 bridgehead atoms. The first kappa shape index (κ1) is 17.6. The number of nitrogens with zero attached hydrogens (tertiary/aromatic N) is 2. The molecule has 1 fully saturated rings. The second-order valence-electron chi connectivity index (χ2n) is 5.63. The average molecular weight is 343 g/mol. The van der Waals surface area contributed by atoms with Crippen molar-refractivity contribution < 1.29 is 18.1 Å². The molecule has 128 valence electrons. The largest absolute Gasteiger partial charge is 0.497 e. The van der Waals surface area contributed by atoms with Crippen molar-refractivity contribution >= 4 is 15.7 Å². The van der Waals surface area contributed by atoms with E-state index in [1.807, 2.05) is 6.92 Å². The van der Waals surface area contributed by atoms with Crippen LogP contribution in [0, 0.1) is 16.0 Å². The highest BCUT2D eigenvalue weighted by Gasteiger charge is 2.39. The summed E-state index contributed by atoms with van der Waals surface area (Å²) in [6, 6.07) is 3.40. The number of piperidine rings is 1. The fourth-order valence-electron chi connectivity index (χ4n) is 2.97. The van der Waals surface area contributed by atoms with Gasteiger partial charge >= 0.3 is 0 Å². The number of benzene rings is 1. The maximum atomic E-state index is 13.0. The van der Waals surface area contributed by atoms with Crippen LogP contribution in [0.25, 0.3) is 0 Å². The van der Waals surface area contributed by atoms with Gasteiger partial charge in [-0.05, 0) is 30.9 Å². The van der Waals surface area contributed by atoms with Crippen molar-refractivity contribution in [1.29, 1.82) is 0 Å². The number of hydrogen-bond donors (Lipinski definition) is 1.